The Morgan fingerprint density at radius 2 is 1.90 bits per heavy atom. The average molecular weight is 278 g/mol. The third kappa shape index (κ3) is 4.57. The van der Waals surface area contributed by atoms with Gasteiger partial charge in [-0.25, -0.2) is 9.59 Å². The van der Waals surface area contributed by atoms with E-state index in [1.54, 1.807) is 30.1 Å². The molecule has 0 aliphatic carbocycles. The number of nitrogens with one attached hydrogen (secondary N) is 1. The van der Waals surface area contributed by atoms with E-state index in [1.807, 2.05) is 27.7 Å². The largest absolute Gasteiger partial charge is 0.478 e. The van der Waals surface area contributed by atoms with Crippen LogP contribution in [0.5, 0.6) is 0 Å². The van der Waals surface area contributed by atoms with Gasteiger partial charge in [0.1, 0.15) is 0 Å². The molecule has 0 radical (unpaired) electrons. The fourth-order valence-corrected chi connectivity index (χ4v) is 1.94. The van der Waals surface area contributed by atoms with Gasteiger partial charge in [0.05, 0.1) is 11.3 Å². The van der Waals surface area contributed by atoms with Gasteiger partial charge >= 0.3 is 12.0 Å². The summed E-state index contributed by atoms with van der Waals surface area (Å²) in [6.45, 7) is 8.48. The summed E-state index contributed by atoms with van der Waals surface area (Å²) in [6.07, 6.45) is 0. The Kier molecular flexibility index (Phi) is 4.76. The zero-order chi connectivity index (χ0) is 15.5. The number of amides is 2. The third-order valence-corrected chi connectivity index (χ3v) is 2.71. The van der Waals surface area contributed by atoms with Crippen LogP contribution in [0.3, 0.4) is 0 Å². The number of rotatable bonds is 3. The Morgan fingerprint density at radius 3 is 2.40 bits per heavy atom. The molecular formula is C15H22N2O3. The minimum atomic E-state index is -1.05. The van der Waals surface area contributed by atoms with Crippen molar-refractivity contribution in [3.63, 3.8) is 0 Å². The number of urea groups is 1. The molecule has 1 aromatic carbocycles. The van der Waals surface area contributed by atoms with Crippen molar-refractivity contribution in [3.05, 3.63) is 29.3 Å². The third-order valence-electron chi connectivity index (χ3n) is 2.71. The van der Waals surface area contributed by atoms with E-state index in [-0.39, 0.29) is 17.0 Å². The maximum Gasteiger partial charge on any atom is 0.337 e. The van der Waals surface area contributed by atoms with Crippen molar-refractivity contribution in [2.24, 2.45) is 5.41 Å². The Bertz CT molecular complexity index is 518. The Balaban J connectivity index is 2.88. The highest BCUT2D eigenvalue weighted by Gasteiger charge is 2.19. The minimum Gasteiger partial charge on any atom is -0.478 e. The first-order valence-electron chi connectivity index (χ1n) is 6.46. The molecule has 0 unspecified atom stereocenters. The fraction of sp³-hybridized carbons (Fsp3) is 0.467. The molecule has 1 aromatic rings. The summed E-state index contributed by atoms with van der Waals surface area (Å²) in [7, 11) is 1.69. The lowest BCUT2D eigenvalue weighted by Gasteiger charge is -2.27. The van der Waals surface area contributed by atoms with Crippen molar-refractivity contribution in [2.75, 3.05) is 18.9 Å². The predicted octanol–water partition coefficient (Wildman–Crippen LogP) is 3.20. The van der Waals surface area contributed by atoms with E-state index in [2.05, 4.69) is 5.32 Å². The summed E-state index contributed by atoms with van der Waals surface area (Å²) in [6, 6.07) is 4.61. The number of carboxylic acids is 1. The average Bonchev–Trinajstić information content (AvgIpc) is 2.28. The Labute approximate surface area is 119 Å². The zero-order valence-corrected chi connectivity index (χ0v) is 12.7. The molecule has 20 heavy (non-hydrogen) atoms. The van der Waals surface area contributed by atoms with Crippen molar-refractivity contribution < 1.29 is 14.7 Å². The van der Waals surface area contributed by atoms with Crippen LogP contribution >= 0.6 is 0 Å². The highest BCUT2D eigenvalue weighted by Crippen LogP contribution is 2.19. The van der Waals surface area contributed by atoms with Crippen LogP contribution in [0.25, 0.3) is 0 Å². The van der Waals surface area contributed by atoms with Crippen molar-refractivity contribution in [3.8, 4) is 0 Å². The first kappa shape index (κ1) is 16.0. The molecule has 0 aliphatic rings. The molecule has 0 saturated carbocycles. The van der Waals surface area contributed by atoms with Crippen LogP contribution in [0.4, 0.5) is 10.5 Å². The quantitative estimate of drug-likeness (QED) is 0.892. The lowest BCUT2D eigenvalue weighted by molar-refractivity contribution is 0.0698. The SMILES string of the molecule is Cc1ccc(NC(=O)N(C)CC(C)(C)C)c(C(=O)O)c1. The van der Waals surface area contributed by atoms with E-state index in [9.17, 15) is 9.59 Å². The Morgan fingerprint density at radius 1 is 1.30 bits per heavy atom. The van der Waals surface area contributed by atoms with E-state index < -0.39 is 5.97 Å². The van der Waals surface area contributed by atoms with Gasteiger partial charge in [-0.2, -0.15) is 0 Å². The van der Waals surface area contributed by atoms with Crippen LogP contribution in [-0.4, -0.2) is 35.6 Å². The summed E-state index contributed by atoms with van der Waals surface area (Å²) >= 11 is 0. The number of carbonyl (C=O) groups is 2. The maximum absolute atomic E-state index is 12.1. The lowest BCUT2D eigenvalue weighted by Crippen LogP contribution is -2.37. The molecule has 0 fully saturated rings. The second kappa shape index (κ2) is 5.94. The number of hydrogen-bond donors (Lipinski definition) is 2. The molecule has 2 amide bonds. The van der Waals surface area contributed by atoms with Gasteiger partial charge in [-0.15, -0.1) is 0 Å². The standard InChI is InChI=1S/C15H22N2O3/c1-10-6-7-12(11(8-10)13(18)19)16-14(20)17(5)9-15(2,3)4/h6-8H,9H2,1-5H3,(H,16,20)(H,18,19). The number of nitrogens with zero attached hydrogens (tertiary/aromatic N) is 1. The number of benzene rings is 1. The van der Waals surface area contributed by atoms with Gasteiger partial charge in [-0.05, 0) is 24.5 Å². The predicted molar refractivity (Wildman–Crippen MR) is 79.2 cm³/mol. The van der Waals surface area contributed by atoms with Gasteiger partial charge in [-0.1, -0.05) is 32.4 Å². The monoisotopic (exact) mass is 278 g/mol. The van der Waals surface area contributed by atoms with Crippen LogP contribution in [-0.2, 0) is 0 Å². The smallest absolute Gasteiger partial charge is 0.337 e. The van der Waals surface area contributed by atoms with Gasteiger partial charge in [0.15, 0.2) is 0 Å². The number of aryl methyl sites for hydroxylation is 1. The van der Waals surface area contributed by atoms with Gasteiger partial charge in [-0.3, -0.25) is 0 Å². The van der Waals surface area contributed by atoms with Crippen LogP contribution in [0.1, 0.15) is 36.7 Å². The first-order valence-corrected chi connectivity index (χ1v) is 6.46. The minimum absolute atomic E-state index is 0.0189. The number of carboxylic acid groups (broad SMARTS) is 1. The number of aromatic carboxylic acids is 1. The van der Waals surface area contributed by atoms with E-state index in [1.165, 1.54) is 0 Å². The molecule has 2 N–H and O–H groups in total. The second-order valence-electron chi connectivity index (χ2n) is 6.20. The van der Waals surface area contributed by atoms with E-state index in [4.69, 9.17) is 5.11 Å². The molecule has 0 spiro atoms. The summed E-state index contributed by atoms with van der Waals surface area (Å²) in [5, 5.41) is 11.8. The Hall–Kier alpha value is -2.04. The molecule has 1 rings (SSSR count). The highest BCUT2D eigenvalue weighted by molar-refractivity contribution is 6.00. The fourth-order valence-electron chi connectivity index (χ4n) is 1.94. The van der Waals surface area contributed by atoms with Crippen molar-refractivity contribution in [1.29, 1.82) is 0 Å². The normalized spacial score (nSPS) is 11.1. The molecular weight excluding hydrogens is 256 g/mol. The molecule has 0 bridgehead atoms. The van der Waals surface area contributed by atoms with E-state index >= 15 is 0 Å². The second-order valence-corrected chi connectivity index (χ2v) is 6.20. The molecule has 0 aliphatic heterocycles. The molecule has 0 aromatic heterocycles. The zero-order valence-electron chi connectivity index (χ0n) is 12.7. The van der Waals surface area contributed by atoms with E-state index in [0.29, 0.717) is 12.2 Å². The molecule has 5 nitrogen and oxygen atoms in total. The molecule has 5 heteroatoms. The van der Waals surface area contributed by atoms with Gasteiger partial charge < -0.3 is 15.3 Å². The number of anilines is 1. The summed E-state index contributed by atoms with van der Waals surface area (Å²) in [4.78, 5) is 24.8. The molecule has 110 valence electrons. The van der Waals surface area contributed by atoms with Crippen molar-refractivity contribution >= 4 is 17.7 Å². The first-order chi connectivity index (χ1) is 9.10. The number of hydrogen-bond acceptors (Lipinski definition) is 2. The molecule has 0 atom stereocenters. The summed E-state index contributed by atoms with van der Waals surface area (Å²) in [5.41, 5.74) is 1.23. The van der Waals surface area contributed by atoms with Crippen LogP contribution < -0.4 is 5.32 Å². The molecule has 0 heterocycles. The molecule has 0 saturated heterocycles. The van der Waals surface area contributed by atoms with Crippen LogP contribution in [0.15, 0.2) is 18.2 Å². The van der Waals surface area contributed by atoms with Gasteiger partial charge in [0.25, 0.3) is 0 Å². The van der Waals surface area contributed by atoms with E-state index in [0.717, 1.165) is 5.56 Å². The number of carbonyl (C=O) groups excluding carboxylic acids is 1. The van der Waals surface area contributed by atoms with Crippen LogP contribution in [0.2, 0.25) is 0 Å². The lowest BCUT2D eigenvalue weighted by atomic mass is 9.96. The topological polar surface area (TPSA) is 69.6 Å². The van der Waals surface area contributed by atoms with Crippen molar-refractivity contribution in [2.45, 2.75) is 27.7 Å². The highest BCUT2D eigenvalue weighted by atomic mass is 16.4. The summed E-state index contributed by atoms with van der Waals surface area (Å²) in [5.74, 6) is -1.05. The van der Waals surface area contributed by atoms with Gasteiger partial charge in [0, 0.05) is 13.6 Å². The van der Waals surface area contributed by atoms with Crippen LogP contribution in [0, 0.1) is 12.3 Å². The maximum atomic E-state index is 12.1. The van der Waals surface area contributed by atoms with Crippen molar-refractivity contribution in [1.82, 2.24) is 4.90 Å². The van der Waals surface area contributed by atoms with Gasteiger partial charge in [0.2, 0.25) is 0 Å². The summed E-state index contributed by atoms with van der Waals surface area (Å²) < 4.78 is 0.